The van der Waals surface area contributed by atoms with Crippen molar-refractivity contribution in [3.05, 3.63) is 11.6 Å². The molecule has 124 valence electrons. The first kappa shape index (κ1) is 20.7. The summed E-state index contributed by atoms with van der Waals surface area (Å²) in [6.45, 7) is 4.49. The topological polar surface area (TPSA) is 17.1 Å². The van der Waals surface area contributed by atoms with Gasteiger partial charge < -0.3 is 0 Å². The number of carbonyl (C=O) groups excluding carboxylic acids is 1. The third-order valence-electron chi connectivity index (χ3n) is 4.02. The molecule has 0 unspecified atom stereocenters. The van der Waals surface area contributed by atoms with Crippen LogP contribution in [0.3, 0.4) is 0 Å². The molecule has 21 heavy (non-hydrogen) atoms. The molecule has 0 heterocycles. The second kappa shape index (κ2) is 16.1. The molecule has 0 aromatic rings. The molecule has 0 atom stereocenters. The van der Waals surface area contributed by atoms with Crippen molar-refractivity contribution in [1.29, 1.82) is 0 Å². The number of carbonyl (C=O) groups is 1. The van der Waals surface area contributed by atoms with Crippen molar-refractivity contribution >= 4 is 16.8 Å². The van der Waals surface area contributed by atoms with Gasteiger partial charge in [0.25, 0.3) is 0 Å². The van der Waals surface area contributed by atoms with Crippen molar-refractivity contribution in [1.82, 2.24) is 0 Å². The third kappa shape index (κ3) is 15.9. The molecule has 0 aliphatic rings. The summed E-state index contributed by atoms with van der Waals surface area (Å²) in [7, 11) is 0. The number of halogens is 1. The first-order valence-corrected chi connectivity index (χ1v) is 9.47. The lowest BCUT2D eigenvalue weighted by Crippen LogP contribution is -1.91. The van der Waals surface area contributed by atoms with Gasteiger partial charge in [-0.3, -0.25) is 4.79 Å². The second-order valence-electron chi connectivity index (χ2n) is 6.14. The number of allylic oxidation sites excluding steroid dienone is 2. The number of hydrogen-bond acceptors (Lipinski definition) is 1. The molecule has 0 fully saturated rings. The van der Waals surface area contributed by atoms with Crippen LogP contribution >= 0.6 is 11.6 Å². The van der Waals surface area contributed by atoms with Crippen molar-refractivity contribution in [2.45, 2.75) is 104 Å². The van der Waals surface area contributed by atoms with Gasteiger partial charge >= 0.3 is 0 Å². The van der Waals surface area contributed by atoms with Gasteiger partial charge in [-0.05, 0) is 43.4 Å². The predicted octanol–water partition coefficient (Wildman–Crippen LogP) is 7.18. The van der Waals surface area contributed by atoms with Gasteiger partial charge in [-0.1, -0.05) is 83.6 Å². The van der Waals surface area contributed by atoms with Crippen LogP contribution in [0.15, 0.2) is 11.6 Å². The van der Waals surface area contributed by atoms with Crippen LogP contribution in [0.1, 0.15) is 104 Å². The standard InChI is InChI=1S/C19H35ClO/c1-3-5-7-9-11-13-15-18(17-19(20)21)16-14-12-10-8-6-4-2/h17H,3-16H2,1-2H3. The molecular formula is C19H35ClO. The van der Waals surface area contributed by atoms with E-state index in [4.69, 9.17) is 11.6 Å². The van der Waals surface area contributed by atoms with Crippen LogP contribution in [-0.2, 0) is 4.79 Å². The molecule has 0 aliphatic heterocycles. The highest BCUT2D eigenvalue weighted by Crippen LogP contribution is 2.18. The minimum atomic E-state index is -0.304. The Hall–Kier alpha value is -0.300. The van der Waals surface area contributed by atoms with Crippen LogP contribution in [0.2, 0.25) is 0 Å². The van der Waals surface area contributed by atoms with Gasteiger partial charge in [-0.2, -0.15) is 0 Å². The predicted molar refractivity (Wildman–Crippen MR) is 94.9 cm³/mol. The zero-order chi connectivity index (χ0) is 15.8. The summed E-state index contributed by atoms with van der Waals surface area (Å²) in [5.74, 6) is 0. The molecule has 0 aromatic carbocycles. The van der Waals surface area contributed by atoms with Crippen molar-refractivity contribution < 1.29 is 4.79 Å². The van der Waals surface area contributed by atoms with Crippen molar-refractivity contribution in [2.24, 2.45) is 0 Å². The van der Waals surface area contributed by atoms with E-state index in [1.165, 1.54) is 82.6 Å². The van der Waals surface area contributed by atoms with E-state index in [1.54, 1.807) is 6.08 Å². The highest BCUT2D eigenvalue weighted by Gasteiger charge is 2.02. The zero-order valence-electron chi connectivity index (χ0n) is 14.3. The van der Waals surface area contributed by atoms with Crippen molar-refractivity contribution in [2.75, 3.05) is 0 Å². The molecule has 0 aliphatic carbocycles. The maximum absolute atomic E-state index is 11.1. The Morgan fingerprint density at radius 3 is 1.48 bits per heavy atom. The second-order valence-corrected chi connectivity index (χ2v) is 6.51. The first-order valence-electron chi connectivity index (χ1n) is 9.09. The fourth-order valence-corrected chi connectivity index (χ4v) is 2.85. The first-order chi connectivity index (χ1) is 10.2. The number of rotatable bonds is 15. The number of unbranched alkanes of at least 4 members (excludes halogenated alkanes) is 10. The minimum absolute atomic E-state index is 0.304. The van der Waals surface area contributed by atoms with E-state index >= 15 is 0 Å². The zero-order valence-corrected chi connectivity index (χ0v) is 15.0. The Morgan fingerprint density at radius 1 is 0.714 bits per heavy atom. The Bertz CT molecular complexity index is 253. The Morgan fingerprint density at radius 2 is 1.10 bits per heavy atom. The van der Waals surface area contributed by atoms with Gasteiger partial charge in [0.05, 0.1) is 0 Å². The highest BCUT2D eigenvalue weighted by atomic mass is 35.5. The summed E-state index contributed by atoms with van der Waals surface area (Å²) < 4.78 is 0. The normalized spacial score (nSPS) is 10.6. The molecule has 2 heteroatoms. The molecule has 0 N–H and O–H groups in total. The molecule has 0 saturated heterocycles. The van der Waals surface area contributed by atoms with Crippen molar-refractivity contribution in [3.63, 3.8) is 0 Å². The van der Waals surface area contributed by atoms with E-state index in [1.807, 2.05) is 0 Å². The minimum Gasteiger partial charge on any atom is -0.276 e. The van der Waals surface area contributed by atoms with Gasteiger partial charge in [0.15, 0.2) is 0 Å². The SMILES string of the molecule is CCCCCCCCC(=CC(=O)Cl)CCCCCCCC. The van der Waals surface area contributed by atoms with Crippen LogP contribution in [-0.4, -0.2) is 5.24 Å². The molecule has 0 radical (unpaired) electrons. The molecule has 0 aromatic heterocycles. The number of hydrogen-bond donors (Lipinski definition) is 0. The third-order valence-corrected chi connectivity index (χ3v) is 4.13. The van der Waals surface area contributed by atoms with Gasteiger partial charge in [-0.25, -0.2) is 0 Å². The Kier molecular flexibility index (Phi) is 15.8. The maximum atomic E-state index is 11.1. The Labute approximate surface area is 137 Å². The lowest BCUT2D eigenvalue weighted by molar-refractivity contribution is -0.107. The van der Waals surface area contributed by atoms with Crippen LogP contribution in [0.25, 0.3) is 0 Å². The van der Waals surface area contributed by atoms with Gasteiger partial charge in [0.1, 0.15) is 0 Å². The Balaban J connectivity index is 3.76. The van der Waals surface area contributed by atoms with E-state index in [9.17, 15) is 4.79 Å². The summed E-state index contributed by atoms with van der Waals surface area (Å²) >= 11 is 5.52. The summed E-state index contributed by atoms with van der Waals surface area (Å²) in [5, 5.41) is -0.304. The van der Waals surface area contributed by atoms with Crippen molar-refractivity contribution in [3.8, 4) is 0 Å². The lowest BCUT2D eigenvalue weighted by atomic mass is 9.99. The maximum Gasteiger partial charge on any atom is 0.245 e. The summed E-state index contributed by atoms with van der Waals surface area (Å²) in [6.07, 6.45) is 19.4. The molecular weight excluding hydrogens is 280 g/mol. The van der Waals surface area contributed by atoms with Gasteiger partial charge in [0, 0.05) is 0 Å². The van der Waals surface area contributed by atoms with E-state index in [2.05, 4.69) is 13.8 Å². The average molecular weight is 315 g/mol. The molecule has 0 amide bonds. The van der Waals surface area contributed by atoms with Crippen LogP contribution in [0.4, 0.5) is 0 Å². The molecule has 0 bridgehead atoms. The van der Waals surface area contributed by atoms with E-state index in [0.717, 1.165) is 12.8 Å². The summed E-state index contributed by atoms with van der Waals surface area (Å²) in [6, 6.07) is 0. The van der Waals surface area contributed by atoms with Crippen LogP contribution < -0.4 is 0 Å². The summed E-state index contributed by atoms with van der Waals surface area (Å²) in [4.78, 5) is 11.1. The molecule has 1 nitrogen and oxygen atoms in total. The molecule has 0 saturated carbocycles. The monoisotopic (exact) mass is 314 g/mol. The van der Waals surface area contributed by atoms with E-state index < -0.39 is 0 Å². The van der Waals surface area contributed by atoms with Gasteiger partial charge in [0.2, 0.25) is 5.24 Å². The lowest BCUT2D eigenvalue weighted by Gasteiger charge is -2.07. The smallest absolute Gasteiger partial charge is 0.245 e. The summed E-state index contributed by atoms with van der Waals surface area (Å²) in [5.41, 5.74) is 1.26. The largest absolute Gasteiger partial charge is 0.276 e. The van der Waals surface area contributed by atoms with E-state index in [-0.39, 0.29) is 5.24 Å². The highest BCUT2D eigenvalue weighted by molar-refractivity contribution is 6.66. The van der Waals surface area contributed by atoms with Crippen LogP contribution in [0.5, 0.6) is 0 Å². The van der Waals surface area contributed by atoms with Crippen LogP contribution in [0, 0.1) is 0 Å². The van der Waals surface area contributed by atoms with E-state index in [0.29, 0.717) is 0 Å². The quantitative estimate of drug-likeness (QED) is 0.178. The molecule has 0 rings (SSSR count). The average Bonchev–Trinajstić information content (AvgIpc) is 2.45. The molecule has 0 spiro atoms. The fourth-order valence-electron chi connectivity index (χ4n) is 2.69. The van der Waals surface area contributed by atoms with Gasteiger partial charge in [-0.15, -0.1) is 0 Å². The fraction of sp³-hybridized carbons (Fsp3) is 0.842.